The Morgan fingerprint density at radius 2 is 1.66 bits per heavy atom. The van der Waals surface area contributed by atoms with E-state index in [1.807, 2.05) is 6.92 Å². The van der Waals surface area contributed by atoms with Gasteiger partial charge in [0.05, 0.1) is 10.6 Å². The maximum Gasteiger partial charge on any atom is 0.261 e. The average Bonchev–Trinajstić information content (AvgIpc) is 2.69. The zero-order valence-corrected chi connectivity index (χ0v) is 18.2. The lowest BCUT2D eigenvalue weighted by Crippen LogP contribution is -2.17. The summed E-state index contributed by atoms with van der Waals surface area (Å²) in [5, 5.41) is 0. The number of hydrogen-bond donors (Lipinski definition) is 1. The molecule has 0 aliphatic rings. The normalized spacial score (nSPS) is 11.6. The molecule has 0 radical (unpaired) electrons. The van der Waals surface area contributed by atoms with E-state index in [2.05, 4.69) is 4.72 Å². The van der Waals surface area contributed by atoms with Crippen LogP contribution < -0.4 is 4.72 Å². The quantitative estimate of drug-likeness (QED) is 0.330. The SMILES string of the molecule is COC(CCCCC(=O)c1cccc(C)c1NS(=O)(=O)c1ccc(C)cc1)OC. The first-order valence-corrected chi connectivity index (χ1v) is 11.0. The van der Waals surface area contributed by atoms with E-state index in [1.54, 1.807) is 63.6 Å². The number of aryl methyl sites for hydroxylation is 2. The second-order valence-electron chi connectivity index (χ2n) is 6.99. The van der Waals surface area contributed by atoms with Gasteiger partial charge in [-0.3, -0.25) is 9.52 Å². The number of rotatable bonds is 11. The van der Waals surface area contributed by atoms with E-state index in [-0.39, 0.29) is 17.0 Å². The molecule has 0 fully saturated rings. The molecule has 0 aliphatic carbocycles. The summed E-state index contributed by atoms with van der Waals surface area (Å²) in [5.41, 5.74) is 2.39. The molecule has 0 saturated carbocycles. The number of ether oxygens (including phenoxy) is 2. The summed E-state index contributed by atoms with van der Waals surface area (Å²) in [6.45, 7) is 3.68. The highest BCUT2D eigenvalue weighted by Gasteiger charge is 2.20. The van der Waals surface area contributed by atoms with Crippen LogP contribution in [-0.2, 0) is 19.5 Å². The fraction of sp³-hybridized carbons (Fsp3) is 0.409. The van der Waals surface area contributed by atoms with Gasteiger partial charge in [-0.1, -0.05) is 29.8 Å². The van der Waals surface area contributed by atoms with Crippen LogP contribution in [0.15, 0.2) is 47.4 Å². The van der Waals surface area contributed by atoms with Gasteiger partial charge in [0.15, 0.2) is 12.1 Å². The predicted molar refractivity (Wildman–Crippen MR) is 114 cm³/mol. The van der Waals surface area contributed by atoms with Gasteiger partial charge in [0.25, 0.3) is 10.0 Å². The summed E-state index contributed by atoms with van der Waals surface area (Å²) in [6, 6.07) is 11.8. The van der Waals surface area contributed by atoms with Crippen molar-refractivity contribution >= 4 is 21.5 Å². The van der Waals surface area contributed by atoms with E-state index in [0.29, 0.717) is 36.1 Å². The number of Topliss-reactive ketones (excluding diaryl/α,β-unsaturated/α-hetero) is 1. The third kappa shape index (κ3) is 6.39. The lowest BCUT2D eigenvalue weighted by Gasteiger charge is -2.15. The molecule has 2 rings (SSSR count). The van der Waals surface area contributed by atoms with Crippen molar-refractivity contribution in [3.05, 3.63) is 59.2 Å². The van der Waals surface area contributed by atoms with E-state index in [4.69, 9.17) is 9.47 Å². The van der Waals surface area contributed by atoms with Crippen LogP contribution >= 0.6 is 0 Å². The van der Waals surface area contributed by atoms with Crippen molar-refractivity contribution in [2.75, 3.05) is 18.9 Å². The number of unbranched alkanes of at least 4 members (excludes halogenated alkanes) is 1. The van der Waals surface area contributed by atoms with E-state index in [1.165, 1.54) is 0 Å². The van der Waals surface area contributed by atoms with Gasteiger partial charge in [0.1, 0.15) is 0 Å². The monoisotopic (exact) mass is 419 g/mol. The fourth-order valence-corrected chi connectivity index (χ4v) is 4.16. The highest BCUT2D eigenvalue weighted by atomic mass is 32.2. The molecular formula is C22H29NO5S. The third-order valence-electron chi connectivity index (χ3n) is 4.76. The molecule has 0 aromatic heterocycles. The molecule has 2 aromatic rings. The van der Waals surface area contributed by atoms with Gasteiger partial charge in [0.2, 0.25) is 0 Å². The number of hydrogen-bond acceptors (Lipinski definition) is 5. The molecule has 0 bridgehead atoms. The van der Waals surface area contributed by atoms with Crippen LogP contribution in [0.25, 0.3) is 0 Å². The number of ketones is 1. The summed E-state index contributed by atoms with van der Waals surface area (Å²) in [7, 11) is -0.623. The van der Waals surface area contributed by atoms with Crippen molar-refractivity contribution in [2.45, 2.75) is 50.7 Å². The van der Waals surface area contributed by atoms with Gasteiger partial charge in [-0.15, -0.1) is 0 Å². The molecule has 0 atom stereocenters. The van der Waals surface area contributed by atoms with E-state index in [9.17, 15) is 13.2 Å². The third-order valence-corrected chi connectivity index (χ3v) is 6.13. The van der Waals surface area contributed by atoms with Crippen molar-refractivity contribution in [3.8, 4) is 0 Å². The summed E-state index contributed by atoms with van der Waals surface area (Å²) < 4.78 is 38.5. The van der Waals surface area contributed by atoms with Crippen molar-refractivity contribution in [1.82, 2.24) is 0 Å². The molecule has 158 valence electrons. The van der Waals surface area contributed by atoms with Crippen LogP contribution in [0, 0.1) is 13.8 Å². The first-order valence-electron chi connectivity index (χ1n) is 9.56. The molecule has 0 heterocycles. The number of para-hydroxylation sites is 1. The zero-order chi connectivity index (χ0) is 21.4. The second-order valence-corrected chi connectivity index (χ2v) is 8.67. The van der Waals surface area contributed by atoms with E-state index < -0.39 is 10.0 Å². The molecule has 0 unspecified atom stereocenters. The van der Waals surface area contributed by atoms with Gasteiger partial charge >= 0.3 is 0 Å². The van der Waals surface area contributed by atoms with Crippen molar-refractivity contribution in [1.29, 1.82) is 0 Å². The van der Waals surface area contributed by atoms with E-state index >= 15 is 0 Å². The number of benzene rings is 2. The van der Waals surface area contributed by atoms with Crippen LogP contribution in [0.1, 0.15) is 47.2 Å². The standard InChI is InChI=1S/C22H29NO5S/c1-16-12-14-18(15-13-16)29(25,26)23-22-17(2)8-7-9-19(22)20(24)10-5-6-11-21(27-3)28-4/h7-9,12-15,21,23H,5-6,10-11H2,1-4H3. The Balaban J connectivity index is 2.14. The van der Waals surface area contributed by atoms with Gasteiger partial charge in [-0.25, -0.2) is 8.42 Å². The van der Waals surface area contributed by atoms with Gasteiger partial charge in [0, 0.05) is 26.2 Å². The fourth-order valence-electron chi connectivity index (χ4n) is 3.01. The maximum atomic E-state index is 12.8. The first-order chi connectivity index (χ1) is 13.8. The van der Waals surface area contributed by atoms with E-state index in [0.717, 1.165) is 12.0 Å². The molecule has 6 nitrogen and oxygen atoms in total. The highest BCUT2D eigenvalue weighted by Crippen LogP contribution is 2.26. The number of sulfonamides is 1. The average molecular weight is 420 g/mol. The lowest BCUT2D eigenvalue weighted by atomic mass is 10.0. The smallest absolute Gasteiger partial charge is 0.261 e. The molecule has 29 heavy (non-hydrogen) atoms. The van der Waals surface area contributed by atoms with Gasteiger partial charge in [-0.05, 0) is 56.9 Å². The molecule has 0 aliphatic heterocycles. The Morgan fingerprint density at radius 1 is 1.00 bits per heavy atom. The van der Waals surface area contributed by atoms with Crippen molar-refractivity contribution in [3.63, 3.8) is 0 Å². The summed E-state index contributed by atoms with van der Waals surface area (Å²) in [6.07, 6.45) is 2.18. The highest BCUT2D eigenvalue weighted by molar-refractivity contribution is 7.92. The minimum atomic E-state index is -3.79. The van der Waals surface area contributed by atoms with Crippen LogP contribution in [0.4, 0.5) is 5.69 Å². The molecule has 0 amide bonds. The molecule has 2 aromatic carbocycles. The van der Waals surface area contributed by atoms with Crippen molar-refractivity contribution in [2.24, 2.45) is 0 Å². The lowest BCUT2D eigenvalue weighted by molar-refractivity contribution is -0.107. The second kappa shape index (κ2) is 10.5. The van der Waals surface area contributed by atoms with Gasteiger partial charge in [-0.2, -0.15) is 0 Å². The Kier molecular flexibility index (Phi) is 8.37. The molecule has 0 spiro atoms. The predicted octanol–water partition coefficient (Wildman–Crippen LogP) is 4.47. The summed E-state index contributed by atoms with van der Waals surface area (Å²) >= 11 is 0. The van der Waals surface area contributed by atoms with Crippen molar-refractivity contribution < 1.29 is 22.7 Å². The van der Waals surface area contributed by atoms with Crippen LogP contribution in [-0.4, -0.2) is 34.7 Å². The summed E-state index contributed by atoms with van der Waals surface area (Å²) in [4.78, 5) is 12.9. The van der Waals surface area contributed by atoms with Crippen LogP contribution in [0.2, 0.25) is 0 Å². The molecule has 7 heteroatoms. The minimum absolute atomic E-state index is 0.0957. The first kappa shape index (κ1) is 23.1. The zero-order valence-electron chi connectivity index (χ0n) is 17.4. The Hall–Kier alpha value is -2.22. The van der Waals surface area contributed by atoms with Crippen LogP contribution in [0.5, 0.6) is 0 Å². The molecule has 0 saturated heterocycles. The Labute approximate surface area is 173 Å². The number of nitrogens with one attached hydrogen (secondary N) is 1. The maximum absolute atomic E-state index is 12.8. The minimum Gasteiger partial charge on any atom is -0.356 e. The number of carbonyl (C=O) groups excluding carboxylic acids is 1. The number of anilines is 1. The number of carbonyl (C=O) groups is 1. The van der Waals surface area contributed by atoms with Gasteiger partial charge < -0.3 is 9.47 Å². The Morgan fingerprint density at radius 3 is 2.28 bits per heavy atom. The molecular weight excluding hydrogens is 390 g/mol. The topological polar surface area (TPSA) is 81.7 Å². The summed E-state index contributed by atoms with van der Waals surface area (Å²) in [5.74, 6) is -0.0957. The number of methoxy groups -OCH3 is 2. The largest absolute Gasteiger partial charge is 0.356 e. The van der Waals surface area contributed by atoms with Crippen LogP contribution in [0.3, 0.4) is 0 Å². The Bertz CT molecular complexity index is 919. The molecule has 1 N–H and O–H groups in total.